The van der Waals surface area contributed by atoms with Crippen molar-refractivity contribution in [3.05, 3.63) is 0 Å². The van der Waals surface area contributed by atoms with Gasteiger partial charge in [-0.15, -0.1) is 0 Å². The molecule has 0 bridgehead atoms. The van der Waals surface area contributed by atoms with Gasteiger partial charge in [-0.1, -0.05) is 33.1 Å². The van der Waals surface area contributed by atoms with Crippen LogP contribution in [-0.4, -0.2) is 12.6 Å². The van der Waals surface area contributed by atoms with Gasteiger partial charge in [-0.2, -0.15) is 0 Å². The molecule has 0 saturated carbocycles. The van der Waals surface area contributed by atoms with Crippen LogP contribution >= 0.6 is 0 Å². The fraction of sp³-hybridized carbons (Fsp3) is 1.00. The zero-order valence-electron chi connectivity index (χ0n) is 7.56. The number of unbranched alkanes of at least 4 members (excludes halogenated alkanes) is 2. The van der Waals surface area contributed by atoms with E-state index in [0.717, 1.165) is 6.54 Å². The summed E-state index contributed by atoms with van der Waals surface area (Å²) in [6.07, 6.45) is 5.31. The van der Waals surface area contributed by atoms with Gasteiger partial charge in [-0.3, -0.25) is 0 Å². The molecule has 1 unspecified atom stereocenters. The highest BCUT2D eigenvalue weighted by Crippen LogP contribution is 2.02. The van der Waals surface area contributed by atoms with Gasteiger partial charge in [0, 0.05) is 12.6 Å². The molecule has 0 N–H and O–H groups in total. The molecule has 0 spiro atoms. The predicted octanol–water partition coefficient (Wildman–Crippen LogP) is 2.58. The third kappa shape index (κ3) is 6.09. The Morgan fingerprint density at radius 2 is 1.90 bits per heavy atom. The lowest BCUT2D eigenvalue weighted by atomic mass is 10.1. The summed E-state index contributed by atoms with van der Waals surface area (Å²) in [6, 6.07) is 0.594. The maximum atomic E-state index is 4.40. The number of nitrogens with zero attached hydrogens (tertiary/aromatic N) is 1. The maximum absolute atomic E-state index is 4.40. The summed E-state index contributed by atoms with van der Waals surface area (Å²) in [5.74, 6) is 0. The Hall–Kier alpha value is -0.0400. The Labute approximate surface area is 65.2 Å². The molecule has 61 valence electrons. The predicted molar refractivity (Wildman–Crippen MR) is 46.3 cm³/mol. The van der Waals surface area contributed by atoms with E-state index in [-0.39, 0.29) is 0 Å². The first-order chi connectivity index (χ1) is 4.81. The van der Waals surface area contributed by atoms with Crippen LogP contribution in [-0.2, 0) is 0 Å². The van der Waals surface area contributed by atoms with Crippen LogP contribution < -0.4 is 5.32 Å². The fourth-order valence-electron chi connectivity index (χ4n) is 1.09. The van der Waals surface area contributed by atoms with Gasteiger partial charge in [0.05, 0.1) is 0 Å². The Bertz CT molecular complexity index is 61.7. The number of hydrogen-bond acceptors (Lipinski definition) is 0. The second kappa shape index (κ2) is 7.07. The van der Waals surface area contributed by atoms with E-state index in [1.807, 2.05) is 0 Å². The van der Waals surface area contributed by atoms with E-state index in [0.29, 0.717) is 6.04 Å². The van der Waals surface area contributed by atoms with Gasteiger partial charge in [0.25, 0.3) is 0 Å². The summed E-state index contributed by atoms with van der Waals surface area (Å²) < 4.78 is 0. The van der Waals surface area contributed by atoms with E-state index in [1.54, 1.807) is 0 Å². The molecule has 0 heterocycles. The van der Waals surface area contributed by atoms with Crippen LogP contribution in [0.5, 0.6) is 0 Å². The van der Waals surface area contributed by atoms with Crippen LogP contribution in [0.4, 0.5) is 0 Å². The fourth-order valence-corrected chi connectivity index (χ4v) is 1.09. The monoisotopic (exact) mass is 142 g/mol. The van der Waals surface area contributed by atoms with Crippen LogP contribution in [0.25, 0.3) is 0 Å². The maximum Gasteiger partial charge on any atom is 0.0217 e. The summed E-state index contributed by atoms with van der Waals surface area (Å²) >= 11 is 0. The first-order valence-corrected chi connectivity index (χ1v) is 4.47. The minimum atomic E-state index is 0.594. The quantitative estimate of drug-likeness (QED) is 0.506. The zero-order valence-corrected chi connectivity index (χ0v) is 7.56. The Kier molecular flexibility index (Phi) is 7.04. The highest BCUT2D eigenvalue weighted by molar-refractivity contribution is 4.57. The molecule has 0 saturated heterocycles. The smallest absolute Gasteiger partial charge is 0.0217 e. The molecule has 0 aromatic carbocycles. The normalized spacial score (nSPS) is 13.5. The molecular formula is C9H20N. The number of rotatable bonds is 6. The molecule has 1 nitrogen and oxygen atoms in total. The lowest BCUT2D eigenvalue weighted by Gasteiger charge is -2.08. The van der Waals surface area contributed by atoms with E-state index in [4.69, 9.17) is 0 Å². The minimum absolute atomic E-state index is 0.594. The third-order valence-electron chi connectivity index (χ3n) is 1.72. The zero-order chi connectivity index (χ0) is 7.82. The van der Waals surface area contributed by atoms with Gasteiger partial charge >= 0.3 is 0 Å². The van der Waals surface area contributed by atoms with E-state index in [1.165, 1.54) is 25.7 Å². The van der Waals surface area contributed by atoms with Gasteiger partial charge in [0.1, 0.15) is 0 Å². The summed E-state index contributed by atoms with van der Waals surface area (Å²) in [5, 5.41) is 4.40. The second-order valence-electron chi connectivity index (χ2n) is 2.84. The first-order valence-electron chi connectivity index (χ1n) is 4.47. The summed E-state index contributed by atoms with van der Waals surface area (Å²) in [7, 11) is 0. The molecule has 0 aliphatic carbocycles. The van der Waals surface area contributed by atoms with Gasteiger partial charge in [-0.25, -0.2) is 5.32 Å². The molecular weight excluding hydrogens is 122 g/mol. The van der Waals surface area contributed by atoms with Gasteiger partial charge in [0.2, 0.25) is 0 Å². The summed E-state index contributed by atoms with van der Waals surface area (Å²) in [5.41, 5.74) is 0. The SMILES string of the molecule is CCCCCC(C)[N]CC. The largest absolute Gasteiger partial charge is 0.239 e. The van der Waals surface area contributed by atoms with Gasteiger partial charge in [0.15, 0.2) is 0 Å². The molecule has 0 aliphatic rings. The van der Waals surface area contributed by atoms with Crippen molar-refractivity contribution in [3.63, 3.8) is 0 Å². The van der Waals surface area contributed by atoms with Crippen molar-refractivity contribution in [2.75, 3.05) is 6.54 Å². The van der Waals surface area contributed by atoms with Crippen molar-refractivity contribution in [2.24, 2.45) is 0 Å². The Morgan fingerprint density at radius 3 is 2.40 bits per heavy atom. The topological polar surface area (TPSA) is 14.1 Å². The molecule has 0 aromatic heterocycles. The third-order valence-corrected chi connectivity index (χ3v) is 1.72. The van der Waals surface area contributed by atoms with Crippen molar-refractivity contribution in [2.45, 2.75) is 52.5 Å². The highest BCUT2D eigenvalue weighted by atomic mass is 14.9. The van der Waals surface area contributed by atoms with Crippen molar-refractivity contribution in [3.8, 4) is 0 Å². The highest BCUT2D eigenvalue weighted by Gasteiger charge is 1.98. The first kappa shape index (κ1) is 9.96. The van der Waals surface area contributed by atoms with Crippen LogP contribution in [0, 0.1) is 0 Å². The molecule has 0 rings (SSSR count). The van der Waals surface area contributed by atoms with Crippen molar-refractivity contribution >= 4 is 0 Å². The average Bonchev–Trinajstić information content (AvgIpc) is 1.89. The summed E-state index contributed by atoms with van der Waals surface area (Å²) in [4.78, 5) is 0. The van der Waals surface area contributed by atoms with Crippen molar-refractivity contribution < 1.29 is 0 Å². The molecule has 1 radical (unpaired) electrons. The molecule has 1 atom stereocenters. The Morgan fingerprint density at radius 1 is 1.20 bits per heavy atom. The molecule has 0 fully saturated rings. The van der Waals surface area contributed by atoms with Crippen LogP contribution in [0.15, 0.2) is 0 Å². The van der Waals surface area contributed by atoms with E-state index < -0.39 is 0 Å². The van der Waals surface area contributed by atoms with E-state index >= 15 is 0 Å². The van der Waals surface area contributed by atoms with Crippen LogP contribution in [0.1, 0.15) is 46.5 Å². The van der Waals surface area contributed by atoms with Gasteiger partial charge in [-0.05, 0) is 13.3 Å². The lowest BCUT2D eigenvalue weighted by molar-refractivity contribution is 0.492. The number of hydrogen-bond donors (Lipinski definition) is 0. The molecule has 0 aliphatic heterocycles. The van der Waals surface area contributed by atoms with E-state index in [9.17, 15) is 0 Å². The van der Waals surface area contributed by atoms with Crippen LogP contribution in [0.3, 0.4) is 0 Å². The Balaban J connectivity index is 2.97. The standard InChI is InChI=1S/C9H20N/c1-4-6-7-8-9(3)10-5-2/h9H,4-8H2,1-3H3. The molecule has 1 heteroatoms. The van der Waals surface area contributed by atoms with E-state index in [2.05, 4.69) is 26.1 Å². The van der Waals surface area contributed by atoms with Gasteiger partial charge < -0.3 is 0 Å². The second-order valence-corrected chi connectivity index (χ2v) is 2.84. The van der Waals surface area contributed by atoms with Crippen LogP contribution in [0.2, 0.25) is 0 Å². The van der Waals surface area contributed by atoms with Crippen molar-refractivity contribution in [1.29, 1.82) is 0 Å². The van der Waals surface area contributed by atoms with Crippen molar-refractivity contribution in [1.82, 2.24) is 5.32 Å². The molecule has 0 amide bonds. The molecule has 10 heavy (non-hydrogen) atoms. The lowest BCUT2D eigenvalue weighted by Crippen LogP contribution is -2.17. The minimum Gasteiger partial charge on any atom is -0.239 e. The molecule has 0 aromatic rings. The average molecular weight is 142 g/mol. The summed E-state index contributed by atoms with van der Waals surface area (Å²) in [6.45, 7) is 7.53.